The first kappa shape index (κ1) is 19.0. The van der Waals surface area contributed by atoms with Crippen LogP contribution in [0.2, 0.25) is 0 Å². The molecule has 3 aliphatic rings. The zero-order valence-electron chi connectivity index (χ0n) is 16.5. The van der Waals surface area contributed by atoms with Crippen LogP contribution in [0.1, 0.15) is 15.9 Å². The molecule has 2 aromatic carbocycles. The molecule has 156 valence electrons. The Morgan fingerprint density at radius 3 is 2.60 bits per heavy atom. The van der Waals surface area contributed by atoms with Crippen LogP contribution in [0.3, 0.4) is 0 Å². The molecule has 2 amide bonds. The summed E-state index contributed by atoms with van der Waals surface area (Å²) in [7, 11) is 1.89. The molecule has 1 saturated heterocycles. The average molecular weight is 412 g/mol. The largest absolute Gasteiger partial charge is 0.368 e. The molecule has 2 atom stereocenters. The summed E-state index contributed by atoms with van der Waals surface area (Å²) in [4.78, 5) is 28.8. The zero-order chi connectivity index (χ0) is 21.0. The summed E-state index contributed by atoms with van der Waals surface area (Å²) in [6.45, 7) is 2.23. The molecule has 0 radical (unpaired) electrons. The first-order chi connectivity index (χ1) is 14.4. The van der Waals surface area contributed by atoms with E-state index < -0.39 is 11.6 Å². The predicted molar refractivity (Wildman–Crippen MR) is 109 cm³/mol. The molecule has 30 heavy (non-hydrogen) atoms. The van der Waals surface area contributed by atoms with Gasteiger partial charge in [-0.15, -0.1) is 0 Å². The van der Waals surface area contributed by atoms with Gasteiger partial charge < -0.3 is 15.5 Å². The van der Waals surface area contributed by atoms with Crippen LogP contribution in [-0.2, 0) is 6.54 Å². The number of urea groups is 1. The van der Waals surface area contributed by atoms with Crippen molar-refractivity contribution in [1.29, 1.82) is 0 Å². The second kappa shape index (κ2) is 7.05. The lowest BCUT2D eigenvalue weighted by molar-refractivity contribution is 0.0924. The summed E-state index contributed by atoms with van der Waals surface area (Å²) in [5.74, 6) is -0.692. The predicted octanol–water partition coefficient (Wildman–Crippen LogP) is 2.85. The lowest BCUT2D eigenvalue weighted by Gasteiger charge is -2.26. The number of piperidine rings is 1. The number of hydrogen-bond acceptors (Lipinski definition) is 4. The first-order valence-electron chi connectivity index (χ1n) is 10.0. The van der Waals surface area contributed by atoms with Crippen LogP contribution in [-0.4, -0.2) is 49.4 Å². The van der Waals surface area contributed by atoms with Gasteiger partial charge in [0.2, 0.25) is 0 Å². The Labute approximate surface area is 172 Å². The van der Waals surface area contributed by atoms with Crippen LogP contribution in [0.4, 0.5) is 25.0 Å². The van der Waals surface area contributed by atoms with Gasteiger partial charge in [-0.1, -0.05) is 12.1 Å². The average Bonchev–Trinajstić information content (AvgIpc) is 3.10. The molecular formula is C22H22F2N4O2. The number of benzene rings is 2. The summed E-state index contributed by atoms with van der Waals surface area (Å²) in [6.07, 6.45) is 0. The Morgan fingerprint density at radius 2 is 1.87 bits per heavy atom. The lowest BCUT2D eigenvalue weighted by Crippen LogP contribution is -2.38. The van der Waals surface area contributed by atoms with E-state index in [1.807, 2.05) is 29.0 Å². The summed E-state index contributed by atoms with van der Waals surface area (Å²) in [5, 5.41) is 5.81. The molecule has 1 saturated carbocycles. The normalized spacial score (nSPS) is 25.0. The number of fused-ring (bicyclic) bond motifs is 2. The van der Waals surface area contributed by atoms with Gasteiger partial charge in [-0.3, -0.25) is 9.69 Å². The summed E-state index contributed by atoms with van der Waals surface area (Å²) in [5.41, 5.74) is 2.42. The van der Waals surface area contributed by atoms with Crippen molar-refractivity contribution in [3.05, 3.63) is 59.2 Å². The topological polar surface area (TPSA) is 64.7 Å². The number of likely N-dealkylation sites (N-methyl/N-ethyl adjacent to an activating group) is 1. The highest BCUT2D eigenvalue weighted by molar-refractivity contribution is 6.07. The standard InChI is InChI=1S/C22H22F2N4O2/c1-27-8-12-3-2-4-17(20(12)19(29)11-27)25-22(30)26-21-14-9-28(10-15(14)21)18-6-5-13(23)7-16(18)24/h2-7,14-15,21H,8-11H2,1H3,(H2,25,26,30). The summed E-state index contributed by atoms with van der Waals surface area (Å²) >= 11 is 0. The number of anilines is 2. The van der Waals surface area contributed by atoms with Crippen LogP contribution < -0.4 is 15.5 Å². The van der Waals surface area contributed by atoms with Crippen molar-refractivity contribution in [2.24, 2.45) is 11.8 Å². The lowest BCUT2D eigenvalue weighted by atomic mass is 9.97. The molecule has 2 fully saturated rings. The number of carbonyl (C=O) groups is 2. The van der Waals surface area contributed by atoms with Gasteiger partial charge >= 0.3 is 6.03 Å². The van der Waals surface area contributed by atoms with Crippen molar-refractivity contribution >= 4 is 23.2 Å². The minimum absolute atomic E-state index is 0.00472. The van der Waals surface area contributed by atoms with E-state index in [1.165, 1.54) is 12.1 Å². The minimum Gasteiger partial charge on any atom is -0.368 e. The minimum atomic E-state index is -0.593. The van der Waals surface area contributed by atoms with Crippen molar-refractivity contribution in [2.75, 3.05) is 36.9 Å². The van der Waals surface area contributed by atoms with Crippen LogP contribution in [0.15, 0.2) is 36.4 Å². The molecule has 6 nitrogen and oxygen atoms in total. The Bertz CT molecular complexity index is 1030. The SMILES string of the molecule is CN1CC(=O)c2c(cccc2NC(=O)NC2C3CN(c4ccc(F)cc4F)CC32)C1. The molecule has 0 aromatic heterocycles. The number of hydrogen-bond donors (Lipinski definition) is 2. The fourth-order valence-corrected chi connectivity index (χ4v) is 4.82. The molecule has 1 aliphatic carbocycles. The number of halogens is 2. The van der Waals surface area contributed by atoms with E-state index in [4.69, 9.17) is 0 Å². The van der Waals surface area contributed by atoms with Crippen LogP contribution in [0.5, 0.6) is 0 Å². The van der Waals surface area contributed by atoms with E-state index in [0.29, 0.717) is 43.1 Å². The number of rotatable bonds is 3. The monoisotopic (exact) mass is 412 g/mol. The number of nitrogens with zero attached hydrogens (tertiary/aromatic N) is 2. The quantitative estimate of drug-likeness (QED) is 0.814. The van der Waals surface area contributed by atoms with Crippen LogP contribution in [0.25, 0.3) is 0 Å². The molecule has 2 N–H and O–H groups in total. The van der Waals surface area contributed by atoms with Gasteiger partial charge in [-0.25, -0.2) is 13.6 Å². The highest BCUT2D eigenvalue weighted by atomic mass is 19.1. The van der Waals surface area contributed by atoms with E-state index in [9.17, 15) is 18.4 Å². The van der Waals surface area contributed by atoms with Crippen molar-refractivity contribution in [1.82, 2.24) is 10.2 Å². The zero-order valence-corrected chi connectivity index (χ0v) is 16.5. The molecule has 8 heteroatoms. The number of amides is 2. The Hall–Kier alpha value is -3.00. The molecule has 2 heterocycles. The number of Topliss-reactive ketones (excluding diaryl/α,β-unsaturated/α-hetero) is 1. The molecule has 2 aliphatic heterocycles. The number of carbonyl (C=O) groups excluding carboxylic acids is 2. The molecule has 0 bridgehead atoms. The third-order valence-electron chi connectivity index (χ3n) is 6.27. The van der Waals surface area contributed by atoms with Crippen molar-refractivity contribution in [2.45, 2.75) is 12.6 Å². The Kier molecular flexibility index (Phi) is 4.47. The van der Waals surface area contributed by atoms with Crippen molar-refractivity contribution in [3.8, 4) is 0 Å². The second-order valence-corrected chi connectivity index (χ2v) is 8.39. The molecule has 2 aromatic rings. The van der Waals surface area contributed by atoms with E-state index >= 15 is 0 Å². The van der Waals surface area contributed by atoms with Gasteiger partial charge in [0.1, 0.15) is 11.6 Å². The maximum absolute atomic E-state index is 14.0. The second-order valence-electron chi connectivity index (χ2n) is 8.39. The highest BCUT2D eigenvalue weighted by Gasteiger charge is 2.56. The van der Waals surface area contributed by atoms with Gasteiger partial charge in [-0.05, 0) is 30.8 Å². The molecule has 0 spiro atoms. The maximum Gasteiger partial charge on any atom is 0.319 e. The number of ketones is 1. The van der Waals surface area contributed by atoms with Crippen LogP contribution >= 0.6 is 0 Å². The molecule has 2 unspecified atom stereocenters. The van der Waals surface area contributed by atoms with Gasteiger partial charge in [0, 0.05) is 49.1 Å². The first-order valence-corrected chi connectivity index (χ1v) is 10.0. The number of nitrogens with one attached hydrogen (secondary N) is 2. The smallest absolute Gasteiger partial charge is 0.319 e. The van der Waals surface area contributed by atoms with Gasteiger partial charge in [0.05, 0.1) is 17.9 Å². The van der Waals surface area contributed by atoms with Gasteiger partial charge in [0.25, 0.3) is 0 Å². The van der Waals surface area contributed by atoms with Gasteiger partial charge in [0.15, 0.2) is 5.78 Å². The molecule has 5 rings (SSSR count). The summed E-state index contributed by atoms with van der Waals surface area (Å²) in [6, 6.07) is 8.77. The highest BCUT2D eigenvalue weighted by Crippen LogP contribution is 2.47. The van der Waals surface area contributed by atoms with E-state index in [2.05, 4.69) is 10.6 Å². The molecular weight excluding hydrogens is 390 g/mol. The van der Waals surface area contributed by atoms with Crippen molar-refractivity contribution in [3.63, 3.8) is 0 Å². The fourth-order valence-electron chi connectivity index (χ4n) is 4.82. The van der Waals surface area contributed by atoms with E-state index in [1.54, 1.807) is 6.07 Å². The van der Waals surface area contributed by atoms with Crippen LogP contribution in [0, 0.1) is 23.5 Å². The fraction of sp³-hybridized carbons (Fsp3) is 0.364. The third-order valence-corrected chi connectivity index (χ3v) is 6.27. The third kappa shape index (κ3) is 3.31. The summed E-state index contributed by atoms with van der Waals surface area (Å²) < 4.78 is 27.1. The Morgan fingerprint density at radius 1 is 1.10 bits per heavy atom. The van der Waals surface area contributed by atoms with E-state index in [0.717, 1.165) is 11.6 Å². The van der Waals surface area contributed by atoms with Gasteiger partial charge in [-0.2, -0.15) is 0 Å². The Balaban J connectivity index is 1.20. The van der Waals surface area contributed by atoms with Crippen molar-refractivity contribution < 1.29 is 18.4 Å². The maximum atomic E-state index is 14.0. The van der Waals surface area contributed by atoms with E-state index in [-0.39, 0.29) is 29.7 Å².